The average molecular weight is 303 g/mol. The second kappa shape index (κ2) is 4.67. The van der Waals surface area contributed by atoms with Gasteiger partial charge in [0.25, 0.3) is 0 Å². The fourth-order valence-corrected chi connectivity index (χ4v) is 6.40. The maximum Gasteiger partial charge on any atom is 0.159 e. The molecule has 3 heteroatoms. The number of fused-ring (bicyclic) bond motifs is 5. The number of ketones is 1. The van der Waals surface area contributed by atoms with Crippen molar-refractivity contribution in [3.05, 3.63) is 11.6 Å². The molecule has 4 rings (SSSR count). The molecule has 0 radical (unpaired) electrons. The highest BCUT2D eigenvalue weighted by Gasteiger charge is 2.60. The van der Waals surface area contributed by atoms with Crippen molar-refractivity contribution in [3.63, 3.8) is 0 Å². The standard InChI is InChI=1S/C19H29NO2/c1-18-7-5-12(20)9-11(18)10-15(21)17-13-3-4-16(22)19(13,2)8-6-14(17)18/h10,12-14,16-17,22H,3-9,20H2,1-2H3/t12?,13-,14+,16?,17?,18-,19-/m0/s1. The molecule has 0 bridgehead atoms. The Hall–Kier alpha value is -0.670. The summed E-state index contributed by atoms with van der Waals surface area (Å²) in [7, 11) is 0. The Kier molecular flexibility index (Phi) is 3.16. The summed E-state index contributed by atoms with van der Waals surface area (Å²) in [6.45, 7) is 4.60. The highest BCUT2D eigenvalue weighted by Crippen LogP contribution is 2.63. The van der Waals surface area contributed by atoms with Crippen LogP contribution in [0, 0.1) is 28.6 Å². The lowest BCUT2D eigenvalue weighted by atomic mass is 9.47. The minimum Gasteiger partial charge on any atom is -0.393 e. The summed E-state index contributed by atoms with van der Waals surface area (Å²) in [5, 5.41) is 10.4. The van der Waals surface area contributed by atoms with Gasteiger partial charge in [0.15, 0.2) is 5.78 Å². The number of hydrogen-bond donors (Lipinski definition) is 2. The minimum atomic E-state index is -0.218. The molecule has 3 fully saturated rings. The highest BCUT2D eigenvalue weighted by molar-refractivity contribution is 5.94. The number of rotatable bonds is 0. The van der Waals surface area contributed by atoms with Gasteiger partial charge in [-0.2, -0.15) is 0 Å². The van der Waals surface area contributed by atoms with Crippen LogP contribution in [0.1, 0.15) is 58.8 Å². The van der Waals surface area contributed by atoms with E-state index in [2.05, 4.69) is 13.8 Å². The fraction of sp³-hybridized carbons (Fsp3) is 0.842. The SMILES string of the molecule is C[C@]12CCC(N)CC1=CC(=O)C1[C@H]2CC[C@]2(C)C(O)CC[C@@H]12. The number of nitrogens with two attached hydrogens (primary N) is 1. The van der Waals surface area contributed by atoms with E-state index in [1.165, 1.54) is 5.57 Å². The molecule has 3 unspecified atom stereocenters. The van der Waals surface area contributed by atoms with Crippen LogP contribution < -0.4 is 5.73 Å². The van der Waals surface area contributed by atoms with E-state index in [1.54, 1.807) is 0 Å². The number of aliphatic hydroxyl groups is 1. The molecule has 3 saturated carbocycles. The van der Waals surface area contributed by atoms with Gasteiger partial charge < -0.3 is 10.8 Å². The summed E-state index contributed by atoms with van der Waals surface area (Å²) >= 11 is 0. The molecule has 0 aromatic carbocycles. The fourth-order valence-electron chi connectivity index (χ4n) is 6.40. The van der Waals surface area contributed by atoms with Crippen molar-refractivity contribution in [1.82, 2.24) is 0 Å². The zero-order chi connectivity index (χ0) is 15.7. The smallest absolute Gasteiger partial charge is 0.159 e. The molecule has 0 aliphatic heterocycles. The molecule has 0 aromatic rings. The van der Waals surface area contributed by atoms with E-state index in [0.29, 0.717) is 17.6 Å². The van der Waals surface area contributed by atoms with Crippen LogP contribution in [0.3, 0.4) is 0 Å². The maximum atomic E-state index is 12.9. The van der Waals surface area contributed by atoms with Gasteiger partial charge in [0.1, 0.15) is 0 Å². The number of carbonyl (C=O) groups is 1. The van der Waals surface area contributed by atoms with Crippen molar-refractivity contribution in [2.45, 2.75) is 70.9 Å². The summed E-state index contributed by atoms with van der Waals surface area (Å²) in [6.07, 6.45) is 8.89. The third-order valence-corrected chi connectivity index (χ3v) is 7.93. The summed E-state index contributed by atoms with van der Waals surface area (Å²) in [5.41, 5.74) is 7.60. The van der Waals surface area contributed by atoms with Crippen LogP contribution in [-0.2, 0) is 4.79 Å². The van der Waals surface area contributed by atoms with Gasteiger partial charge in [0, 0.05) is 12.0 Å². The second-order valence-electron chi connectivity index (χ2n) is 8.87. The zero-order valence-corrected chi connectivity index (χ0v) is 13.8. The molecule has 0 spiro atoms. The number of carbonyl (C=O) groups excluding carboxylic acids is 1. The molecular formula is C19H29NO2. The summed E-state index contributed by atoms with van der Waals surface area (Å²) in [6, 6.07) is 0.228. The van der Waals surface area contributed by atoms with Gasteiger partial charge in [-0.15, -0.1) is 0 Å². The third kappa shape index (κ3) is 1.78. The Morgan fingerprint density at radius 3 is 2.68 bits per heavy atom. The lowest BCUT2D eigenvalue weighted by Crippen LogP contribution is -2.54. The topological polar surface area (TPSA) is 63.3 Å². The van der Waals surface area contributed by atoms with Crippen LogP contribution in [-0.4, -0.2) is 23.0 Å². The van der Waals surface area contributed by atoms with Crippen LogP contribution in [0.4, 0.5) is 0 Å². The molecule has 0 saturated heterocycles. The van der Waals surface area contributed by atoms with Crippen molar-refractivity contribution >= 4 is 5.78 Å². The Labute approximate surface area is 133 Å². The lowest BCUT2D eigenvalue weighted by Gasteiger charge is -2.56. The van der Waals surface area contributed by atoms with Crippen molar-refractivity contribution in [1.29, 1.82) is 0 Å². The van der Waals surface area contributed by atoms with E-state index in [-0.39, 0.29) is 28.9 Å². The van der Waals surface area contributed by atoms with Gasteiger partial charge in [-0.1, -0.05) is 19.4 Å². The van der Waals surface area contributed by atoms with Crippen LogP contribution in [0.2, 0.25) is 0 Å². The van der Waals surface area contributed by atoms with Crippen LogP contribution >= 0.6 is 0 Å². The number of aliphatic hydroxyl groups excluding tert-OH is 1. The molecule has 0 aromatic heterocycles. The molecular weight excluding hydrogens is 274 g/mol. The van der Waals surface area contributed by atoms with Crippen LogP contribution in [0.25, 0.3) is 0 Å². The Morgan fingerprint density at radius 2 is 1.91 bits per heavy atom. The molecule has 3 nitrogen and oxygen atoms in total. The first kappa shape index (κ1) is 14.9. The van der Waals surface area contributed by atoms with E-state index in [4.69, 9.17) is 5.73 Å². The van der Waals surface area contributed by atoms with E-state index in [0.717, 1.165) is 44.9 Å². The highest BCUT2D eigenvalue weighted by atomic mass is 16.3. The van der Waals surface area contributed by atoms with Gasteiger partial charge in [-0.05, 0) is 73.7 Å². The molecule has 4 aliphatic rings. The molecule has 0 amide bonds. The zero-order valence-electron chi connectivity index (χ0n) is 13.8. The summed E-state index contributed by atoms with van der Waals surface area (Å²) < 4.78 is 0. The van der Waals surface area contributed by atoms with E-state index < -0.39 is 0 Å². The van der Waals surface area contributed by atoms with Gasteiger partial charge in [-0.25, -0.2) is 0 Å². The third-order valence-electron chi connectivity index (χ3n) is 7.93. The van der Waals surface area contributed by atoms with E-state index in [9.17, 15) is 9.90 Å². The Balaban J connectivity index is 1.75. The van der Waals surface area contributed by atoms with Crippen molar-refractivity contribution in [2.75, 3.05) is 0 Å². The number of allylic oxidation sites excluding steroid dienone is 1. The minimum absolute atomic E-state index is 0.0381. The van der Waals surface area contributed by atoms with Gasteiger partial charge >= 0.3 is 0 Å². The van der Waals surface area contributed by atoms with Crippen molar-refractivity contribution in [3.8, 4) is 0 Å². The maximum absolute atomic E-state index is 12.9. The molecule has 3 N–H and O–H groups in total. The van der Waals surface area contributed by atoms with Gasteiger partial charge in [-0.3, -0.25) is 4.79 Å². The van der Waals surface area contributed by atoms with Crippen LogP contribution in [0.5, 0.6) is 0 Å². The number of hydrogen-bond acceptors (Lipinski definition) is 3. The summed E-state index contributed by atoms with van der Waals surface area (Å²) in [4.78, 5) is 12.9. The quantitative estimate of drug-likeness (QED) is 0.723. The molecule has 0 heterocycles. The summed E-state index contributed by atoms with van der Waals surface area (Å²) in [5.74, 6) is 1.31. The van der Waals surface area contributed by atoms with E-state index in [1.807, 2.05) is 6.08 Å². The Bertz CT molecular complexity index is 542. The molecule has 7 atom stereocenters. The first-order valence-electron chi connectivity index (χ1n) is 9.05. The first-order valence-corrected chi connectivity index (χ1v) is 9.05. The van der Waals surface area contributed by atoms with Gasteiger partial charge in [0.2, 0.25) is 0 Å². The van der Waals surface area contributed by atoms with Crippen molar-refractivity contribution < 1.29 is 9.90 Å². The monoisotopic (exact) mass is 303 g/mol. The first-order chi connectivity index (χ1) is 10.4. The predicted molar refractivity (Wildman–Crippen MR) is 86.1 cm³/mol. The van der Waals surface area contributed by atoms with E-state index >= 15 is 0 Å². The Morgan fingerprint density at radius 1 is 1.14 bits per heavy atom. The lowest BCUT2D eigenvalue weighted by molar-refractivity contribution is -0.135. The molecule has 122 valence electrons. The average Bonchev–Trinajstić information content (AvgIpc) is 2.77. The second-order valence-corrected chi connectivity index (χ2v) is 8.87. The normalized spacial score (nSPS) is 54.3. The molecule has 22 heavy (non-hydrogen) atoms. The van der Waals surface area contributed by atoms with Crippen LogP contribution in [0.15, 0.2) is 11.6 Å². The largest absolute Gasteiger partial charge is 0.393 e. The molecule has 4 aliphatic carbocycles. The van der Waals surface area contributed by atoms with Gasteiger partial charge in [0.05, 0.1) is 6.10 Å². The van der Waals surface area contributed by atoms with Crippen molar-refractivity contribution in [2.24, 2.45) is 34.3 Å². The predicted octanol–water partition coefficient (Wildman–Crippen LogP) is 2.82.